The van der Waals surface area contributed by atoms with E-state index in [9.17, 15) is 0 Å². The average molecular weight is 365 g/mol. The molecule has 0 saturated carbocycles. The number of ether oxygens (including phenoxy) is 1. The molecule has 1 aromatic carbocycles. The lowest BCUT2D eigenvalue weighted by atomic mass is 10.0. The van der Waals surface area contributed by atoms with Gasteiger partial charge < -0.3 is 24.8 Å². The number of anilines is 1. The van der Waals surface area contributed by atoms with Crippen molar-refractivity contribution in [3.05, 3.63) is 30.2 Å². The van der Waals surface area contributed by atoms with Gasteiger partial charge in [0.05, 0.1) is 13.2 Å². The van der Waals surface area contributed by atoms with E-state index in [-0.39, 0.29) is 24.4 Å². The number of halogens is 1. The van der Waals surface area contributed by atoms with Gasteiger partial charge in [0.2, 0.25) is 11.7 Å². The Labute approximate surface area is 151 Å². The van der Waals surface area contributed by atoms with Crippen LogP contribution < -0.4 is 10.6 Å². The number of morpholine rings is 1. The summed E-state index contributed by atoms with van der Waals surface area (Å²) < 4.78 is 10.7. The van der Waals surface area contributed by atoms with Crippen molar-refractivity contribution in [2.75, 3.05) is 37.7 Å². The van der Waals surface area contributed by atoms with Gasteiger partial charge in [0, 0.05) is 30.9 Å². The zero-order valence-electron chi connectivity index (χ0n) is 13.7. The molecule has 0 amide bonds. The van der Waals surface area contributed by atoms with Crippen LogP contribution in [0.15, 0.2) is 28.8 Å². The Morgan fingerprint density at radius 1 is 1.16 bits per heavy atom. The highest BCUT2D eigenvalue weighted by Crippen LogP contribution is 2.32. The van der Waals surface area contributed by atoms with Crippen LogP contribution in [0.25, 0.3) is 11.4 Å². The molecule has 134 valence electrons. The van der Waals surface area contributed by atoms with Gasteiger partial charge in [-0.25, -0.2) is 0 Å². The molecular weight excluding hydrogens is 344 g/mol. The minimum Gasteiger partial charge on any atom is -0.378 e. The first kappa shape index (κ1) is 17.5. The van der Waals surface area contributed by atoms with E-state index in [1.807, 2.05) is 12.1 Å². The molecule has 8 nitrogen and oxygen atoms in total. The lowest BCUT2D eigenvalue weighted by Gasteiger charge is -2.38. The fraction of sp³-hybridized carbons (Fsp3) is 0.438. The van der Waals surface area contributed by atoms with Crippen LogP contribution in [-0.4, -0.2) is 53.8 Å². The van der Waals surface area contributed by atoms with Crippen molar-refractivity contribution in [3.63, 3.8) is 0 Å². The number of benzene rings is 1. The van der Waals surface area contributed by atoms with E-state index in [4.69, 9.17) is 20.4 Å². The van der Waals surface area contributed by atoms with Crippen LogP contribution >= 0.6 is 12.4 Å². The number of guanidine groups is 1. The molecule has 0 spiro atoms. The van der Waals surface area contributed by atoms with E-state index >= 15 is 0 Å². The summed E-state index contributed by atoms with van der Waals surface area (Å²) in [5.41, 5.74) is 7.62. The molecule has 25 heavy (non-hydrogen) atoms. The molecule has 0 bridgehead atoms. The van der Waals surface area contributed by atoms with Gasteiger partial charge in [0.15, 0.2) is 5.96 Å². The Hall–Kier alpha value is -2.32. The van der Waals surface area contributed by atoms with Crippen LogP contribution in [0.4, 0.5) is 5.69 Å². The minimum absolute atomic E-state index is 0. The third kappa shape index (κ3) is 3.40. The van der Waals surface area contributed by atoms with Crippen LogP contribution in [0.5, 0.6) is 0 Å². The Morgan fingerprint density at radius 3 is 2.48 bits per heavy atom. The summed E-state index contributed by atoms with van der Waals surface area (Å²) in [5.74, 6) is 1.12. The van der Waals surface area contributed by atoms with Gasteiger partial charge in [-0.1, -0.05) is 5.16 Å². The van der Waals surface area contributed by atoms with Gasteiger partial charge in [-0.15, -0.1) is 12.4 Å². The number of nitrogens with zero attached hydrogens (tertiary/aromatic N) is 4. The fourth-order valence-electron chi connectivity index (χ4n) is 3.06. The van der Waals surface area contributed by atoms with Crippen molar-refractivity contribution in [1.82, 2.24) is 15.0 Å². The second kappa shape index (κ2) is 7.28. The molecule has 2 aliphatic heterocycles. The van der Waals surface area contributed by atoms with Gasteiger partial charge in [-0.05, 0) is 30.7 Å². The Bertz CT molecular complexity index is 728. The molecule has 2 saturated heterocycles. The summed E-state index contributed by atoms with van der Waals surface area (Å²) in [4.78, 5) is 8.52. The monoisotopic (exact) mass is 364 g/mol. The van der Waals surface area contributed by atoms with Crippen molar-refractivity contribution in [1.29, 1.82) is 5.41 Å². The Morgan fingerprint density at radius 2 is 1.88 bits per heavy atom. The summed E-state index contributed by atoms with van der Waals surface area (Å²) >= 11 is 0. The molecule has 3 heterocycles. The normalized spacial score (nSPS) is 19.9. The number of rotatable bonds is 3. The van der Waals surface area contributed by atoms with Crippen molar-refractivity contribution in [3.8, 4) is 11.4 Å². The van der Waals surface area contributed by atoms with E-state index in [0.717, 1.165) is 44.8 Å². The Kier molecular flexibility index (Phi) is 5.10. The van der Waals surface area contributed by atoms with Gasteiger partial charge in [0.25, 0.3) is 0 Å². The number of likely N-dealkylation sites (tertiary alicyclic amines) is 1. The van der Waals surface area contributed by atoms with Crippen molar-refractivity contribution in [2.24, 2.45) is 5.73 Å². The van der Waals surface area contributed by atoms with E-state index in [1.54, 1.807) is 4.90 Å². The number of hydrogen-bond acceptors (Lipinski definition) is 6. The fourth-order valence-corrected chi connectivity index (χ4v) is 3.06. The molecule has 1 aromatic heterocycles. The molecule has 0 radical (unpaired) electrons. The number of aromatic nitrogens is 2. The lowest BCUT2D eigenvalue weighted by molar-refractivity contribution is 0.122. The van der Waals surface area contributed by atoms with Gasteiger partial charge in [-0.2, -0.15) is 4.98 Å². The second-order valence-corrected chi connectivity index (χ2v) is 5.99. The van der Waals surface area contributed by atoms with Crippen LogP contribution in [0.3, 0.4) is 0 Å². The molecule has 3 N–H and O–H groups in total. The molecule has 0 aliphatic carbocycles. The SMILES string of the molecule is Cl.N=C(N)N1CC[C@H]1c1nc(-c2ccc(N3CCOCC3)cc2)no1. The largest absolute Gasteiger partial charge is 0.378 e. The maximum absolute atomic E-state index is 7.52. The zero-order valence-corrected chi connectivity index (χ0v) is 14.5. The first-order valence-electron chi connectivity index (χ1n) is 8.10. The van der Waals surface area contributed by atoms with E-state index in [2.05, 4.69) is 27.2 Å². The molecule has 4 rings (SSSR count). The van der Waals surface area contributed by atoms with E-state index < -0.39 is 0 Å². The Balaban J connectivity index is 0.00000182. The summed E-state index contributed by atoms with van der Waals surface area (Å²) in [6, 6.07) is 8.08. The highest BCUT2D eigenvalue weighted by atomic mass is 35.5. The van der Waals surface area contributed by atoms with Crippen molar-refractivity contribution in [2.45, 2.75) is 12.5 Å². The summed E-state index contributed by atoms with van der Waals surface area (Å²) in [5, 5.41) is 11.6. The third-order valence-corrected chi connectivity index (χ3v) is 4.56. The van der Waals surface area contributed by atoms with Crippen LogP contribution in [-0.2, 0) is 4.74 Å². The van der Waals surface area contributed by atoms with Crippen molar-refractivity contribution < 1.29 is 9.26 Å². The lowest BCUT2D eigenvalue weighted by Crippen LogP contribution is -2.48. The van der Waals surface area contributed by atoms with Crippen LogP contribution in [0.2, 0.25) is 0 Å². The third-order valence-electron chi connectivity index (χ3n) is 4.56. The maximum atomic E-state index is 7.52. The highest BCUT2D eigenvalue weighted by molar-refractivity contribution is 5.85. The summed E-state index contributed by atoms with van der Waals surface area (Å²) in [6.45, 7) is 4.11. The van der Waals surface area contributed by atoms with Crippen molar-refractivity contribution >= 4 is 24.1 Å². The standard InChI is InChI=1S/C16H20N6O2.ClH/c17-16(18)22-6-5-13(22)15-19-14(20-24-15)11-1-3-12(4-2-11)21-7-9-23-10-8-21;/h1-4,13H,5-10H2,(H3,17,18);1H/t13-;/m0./s1. The second-order valence-electron chi connectivity index (χ2n) is 5.99. The first-order valence-corrected chi connectivity index (χ1v) is 8.10. The topological polar surface area (TPSA) is 104 Å². The van der Waals surface area contributed by atoms with Crippen LogP contribution in [0.1, 0.15) is 18.4 Å². The molecule has 1 atom stereocenters. The summed E-state index contributed by atoms with van der Waals surface area (Å²) in [7, 11) is 0. The molecule has 0 unspecified atom stereocenters. The molecule has 2 fully saturated rings. The molecule has 2 aromatic rings. The molecular formula is C16H21ClN6O2. The maximum Gasteiger partial charge on any atom is 0.249 e. The van der Waals surface area contributed by atoms with E-state index in [1.165, 1.54) is 5.69 Å². The highest BCUT2D eigenvalue weighted by Gasteiger charge is 2.35. The van der Waals surface area contributed by atoms with Crippen LogP contribution in [0, 0.1) is 5.41 Å². The number of nitrogens with one attached hydrogen (secondary N) is 1. The molecule has 9 heteroatoms. The number of nitrogens with two attached hydrogens (primary N) is 1. The average Bonchev–Trinajstić information content (AvgIpc) is 3.03. The minimum atomic E-state index is -0.0728. The predicted octanol–water partition coefficient (Wildman–Crippen LogP) is 1.64. The smallest absolute Gasteiger partial charge is 0.249 e. The van der Waals surface area contributed by atoms with Gasteiger partial charge in [-0.3, -0.25) is 5.41 Å². The zero-order chi connectivity index (χ0) is 16.5. The summed E-state index contributed by atoms with van der Waals surface area (Å²) in [6.07, 6.45) is 0.872. The van der Waals surface area contributed by atoms with Gasteiger partial charge in [0.1, 0.15) is 6.04 Å². The molecule has 2 aliphatic rings. The predicted molar refractivity (Wildman–Crippen MR) is 96.0 cm³/mol. The van der Waals surface area contributed by atoms with Gasteiger partial charge >= 0.3 is 0 Å². The number of hydrogen-bond donors (Lipinski definition) is 2. The quantitative estimate of drug-likeness (QED) is 0.630. The van der Waals surface area contributed by atoms with E-state index in [0.29, 0.717) is 11.7 Å². The first-order chi connectivity index (χ1) is 11.7.